The van der Waals surface area contributed by atoms with Crippen LogP contribution in [0.2, 0.25) is 0 Å². The van der Waals surface area contributed by atoms with Crippen LogP contribution in [0.5, 0.6) is 11.6 Å². The summed E-state index contributed by atoms with van der Waals surface area (Å²) in [4.78, 5) is 38.6. The summed E-state index contributed by atoms with van der Waals surface area (Å²) in [6.45, 7) is 9.04. The average molecular weight is 561 g/mol. The zero-order chi connectivity index (χ0) is 29.2. The van der Waals surface area contributed by atoms with Gasteiger partial charge in [0, 0.05) is 52.5 Å². The van der Waals surface area contributed by atoms with Gasteiger partial charge >= 0.3 is 5.97 Å². The number of aromatic carboxylic acids is 1. The van der Waals surface area contributed by atoms with Crippen LogP contribution in [0.25, 0.3) is 11.0 Å². The zero-order valence-corrected chi connectivity index (χ0v) is 23.7. The van der Waals surface area contributed by atoms with Crippen molar-refractivity contribution in [2.24, 2.45) is 7.05 Å². The minimum absolute atomic E-state index is 0.302. The van der Waals surface area contributed by atoms with Crippen molar-refractivity contribution in [1.82, 2.24) is 29.3 Å². The topological polar surface area (TPSA) is 123 Å². The lowest BCUT2D eigenvalue weighted by Crippen LogP contribution is -2.44. The lowest BCUT2D eigenvalue weighted by Gasteiger charge is -2.31. The molecule has 0 amide bonds. The summed E-state index contributed by atoms with van der Waals surface area (Å²) in [5, 5.41) is 9.09. The van der Waals surface area contributed by atoms with Crippen LogP contribution in [0, 0.1) is 6.92 Å². The summed E-state index contributed by atoms with van der Waals surface area (Å²) in [5.41, 5.74) is 3.49. The van der Waals surface area contributed by atoms with E-state index in [1.807, 2.05) is 42.8 Å². The monoisotopic (exact) mass is 560 g/mol. The van der Waals surface area contributed by atoms with E-state index < -0.39 is 5.97 Å². The van der Waals surface area contributed by atoms with Gasteiger partial charge in [0.2, 0.25) is 5.88 Å². The van der Waals surface area contributed by atoms with Gasteiger partial charge in [0.15, 0.2) is 6.29 Å². The van der Waals surface area contributed by atoms with Crippen molar-refractivity contribution in [1.29, 1.82) is 0 Å². The van der Waals surface area contributed by atoms with Crippen molar-refractivity contribution in [3.8, 4) is 11.6 Å². The molecule has 6 rings (SSSR count). The highest BCUT2D eigenvalue weighted by atomic mass is 16.5. The normalized spacial score (nSPS) is 15.1. The molecule has 0 bridgehead atoms. The summed E-state index contributed by atoms with van der Waals surface area (Å²) in [6.07, 6.45) is 3.23. The number of hydrogen-bond donors (Lipinski definition) is 1. The molecule has 2 aliphatic heterocycles. The van der Waals surface area contributed by atoms with E-state index in [0.717, 1.165) is 68.4 Å². The Bertz CT molecular complexity index is 1440. The Balaban J connectivity index is 0.000000171. The van der Waals surface area contributed by atoms with E-state index in [2.05, 4.69) is 31.8 Å². The SMILES string of the molecule is C1COC1.CN1CCN(Cc2nc3ccc(C(=O)O)cc3n2C)CC1.Cc1ccc(Oc2cc(C=O)ncn2)cc1. The maximum absolute atomic E-state index is 11.1. The Hall–Kier alpha value is -4.19. The van der Waals surface area contributed by atoms with E-state index in [1.165, 1.54) is 18.8 Å². The molecule has 41 heavy (non-hydrogen) atoms. The number of aromatic nitrogens is 4. The van der Waals surface area contributed by atoms with Gasteiger partial charge in [0.1, 0.15) is 23.6 Å². The standard InChI is InChI=1S/C15H20N4O2.C12H10N2O2.C3H6O/c1-17-5-7-19(8-6-17)10-14-16-12-4-3-11(15(20)21)9-13(12)18(14)2;1-9-2-4-11(5-3-9)16-12-6-10(7-15)13-8-14-12;1-2-4-3-1/h3-4,9H,5-8,10H2,1-2H3,(H,20,21);2-8H,1H3;1-3H2. The fraction of sp³-hybridized carbons (Fsp3) is 0.367. The Morgan fingerprint density at radius 2 is 1.71 bits per heavy atom. The first-order valence-corrected chi connectivity index (χ1v) is 13.5. The molecular formula is C30H36N6O5. The number of hydrogen-bond acceptors (Lipinski definition) is 9. The highest BCUT2D eigenvalue weighted by molar-refractivity contribution is 5.92. The van der Waals surface area contributed by atoms with Crippen molar-refractivity contribution in [3.63, 3.8) is 0 Å². The van der Waals surface area contributed by atoms with E-state index in [1.54, 1.807) is 18.2 Å². The maximum Gasteiger partial charge on any atom is 0.335 e. The van der Waals surface area contributed by atoms with Crippen molar-refractivity contribution in [2.75, 3.05) is 46.4 Å². The molecule has 4 heterocycles. The summed E-state index contributed by atoms with van der Waals surface area (Å²) in [6, 6.07) is 14.2. The number of aryl methyl sites for hydroxylation is 2. The molecular weight excluding hydrogens is 524 g/mol. The summed E-state index contributed by atoms with van der Waals surface area (Å²) < 4.78 is 12.2. The van der Waals surface area contributed by atoms with E-state index >= 15 is 0 Å². The van der Waals surface area contributed by atoms with Gasteiger partial charge in [-0.25, -0.2) is 19.7 Å². The Morgan fingerprint density at radius 1 is 1.02 bits per heavy atom. The quantitative estimate of drug-likeness (QED) is 0.348. The first kappa shape index (κ1) is 29.8. The number of carbonyl (C=O) groups excluding carboxylic acids is 1. The number of piperazine rings is 1. The van der Waals surface area contributed by atoms with Gasteiger partial charge in [-0.3, -0.25) is 9.69 Å². The summed E-state index contributed by atoms with van der Waals surface area (Å²) >= 11 is 0. The number of carbonyl (C=O) groups is 2. The Morgan fingerprint density at radius 3 is 2.32 bits per heavy atom. The van der Waals surface area contributed by atoms with E-state index in [0.29, 0.717) is 29.2 Å². The average Bonchev–Trinajstić information content (AvgIpc) is 3.25. The van der Waals surface area contributed by atoms with Crippen LogP contribution in [0.4, 0.5) is 0 Å². The van der Waals surface area contributed by atoms with Gasteiger partial charge in [-0.2, -0.15) is 0 Å². The predicted molar refractivity (Wildman–Crippen MR) is 155 cm³/mol. The number of carboxylic acids is 1. The second kappa shape index (κ2) is 14.4. The minimum Gasteiger partial charge on any atom is -0.478 e. The highest BCUT2D eigenvalue weighted by Crippen LogP contribution is 2.20. The number of imidazole rings is 1. The van der Waals surface area contributed by atoms with Gasteiger partial charge in [0.25, 0.3) is 0 Å². The molecule has 2 aromatic carbocycles. The van der Waals surface area contributed by atoms with Crippen molar-refractivity contribution >= 4 is 23.3 Å². The number of fused-ring (bicyclic) bond motifs is 1. The number of benzene rings is 2. The van der Waals surface area contributed by atoms with Gasteiger partial charge in [0.05, 0.1) is 23.1 Å². The third kappa shape index (κ3) is 8.65. The van der Waals surface area contributed by atoms with Gasteiger partial charge in [-0.05, 0) is 50.7 Å². The van der Waals surface area contributed by atoms with Crippen LogP contribution in [-0.2, 0) is 18.3 Å². The molecule has 0 saturated carbocycles. The highest BCUT2D eigenvalue weighted by Gasteiger charge is 2.17. The summed E-state index contributed by atoms with van der Waals surface area (Å²) in [5.74, 6) is 1.12. The van der Waals surface area contributed by atoms with E-state index in [9.17, 15) is 9.59 Å². The molecule has 0 aliphatic carbocycles. The minimum atomic E-state index is -0.904. The lowest BCUT2D eigenvalue weighted by atomic mass is 10.2. The maximum atomic E-state index is 11.1. The van der Waals surface area contributed by atoms with Crippen molar-refractivity contribution in [3.05, 3.63) is 77.5 Å². The molecule has 0 atom stereocenters. The molecule has 4 aromatic rings. The number of carboxylic acid groups (broad SMARTS) is 1. The predicted octanol–water partition coefficient (Wildman–Crippen LogP) is 3.82. The first-order chi connectivity index (χ1) is 19.8. The molecule has 2 aliphatic rings. The van der Waals surface area contributed by atoms with Crippen LogP contribution >= 0.6 is 0 Å². The molecule has 11 heteroatoms. The van der Waals surface area contributed by atoms with Crippen molar-refractivity contribution < 1.29 is 24.2 Å². The first-order valence-electron chi connectivity index (χ1n) is 13.5. The Labute approximate surface area is 239 Å². The van der Waals surface area contributed by atoms with Crippen LogP contribution in [0.1, 0.15) is 38.7 Å². The molecule has 2 fully saturated rings. The Kier molecular flexibility index (Phi) is 10.5. The largest absolute Gasteiger partial charge is 0.478 e. The van der Waals surface area contributed by atoms with Crippen LogP contribution in [0.3, 0.4) is 0 Å². The number of rotatable bonds is 6. The molecule has 216 valence electrons. The van der Waals surface area contributed by atoms with Crippen LogP contribution in [-0.4, -0.2) is 93.1 Å². The van der Waals surface area contributed by atoms with Gasteiger partial charge < -0.3 is 24.0 Å². The van der Waals surface area contributed by atoms with Crippen LogP contribution in [0.15, 0.2) is 54.9 Å². The number of nitrogens with zero attached hydrogens (tertiary/aromatic N) is 6. The molecule has 2 saturated heterocycles. The third-order valence-corrected chi connectivity index (χ3v) is 6.79. The number of ether oxygens (including phenoxy) is 2. The molecule has 0 unspecified atom stereocenters. The zero-order valence-electron chi connectivity index (χ0n) is 23.7. The molecule has 0 spiro atoms. The lowest BCUT2D eigenvalue weighted by molar-refractivity contribution is 0.0367. The second-order valence-electron chi connectivity index (χ2n) is 9.96. The number of likely N-dealkylation sites (N-methyl/N-ethyl adjacent to an activating group) is 1. The third-order valence-electron chi connectivity index (χ3n) is 6.79. The fourth-order valence-electron chi connectivity index (χ4n) is 4.07. The molecule has 0 radical (unpaired) electrons. The molecule has 11 nitrogen and oxygen atoms in total. The molecule has 1 N–H and O–H groups in total. The fourth-order valence-corrected chi connectivity index (χ4v) is 4.07. The van der Waals surface area contributed by atoms with Crippen molar-refractivity contribution in [2.45, 2.75) is 19.9 Å². The van der Waals surface area contributed by atoms with E-state index in [4.69, 9.17) is 14.6 Å². The smallest absolute Gasteiger partial charge is 0.335 e. The van der Waals surface area contributed by atoms with Gasteiger partial charge in [-0.15, -0.1) is 0 Å². The van der Waals surface area contributed by atoms with Crippen LogP contribution < -0.4 is 4.74 Å². The van der Waals surface area contributed by atoms with Gasteiger partial charge in [-0.1, -0.05) is 17.7 Å². The summed E-state index contributed by atoms with van der Waals surface area (Å²) in [7, 11) is 4.09. The van der Waals surface area contributed by atoms with E-state index in [-0.39, 0.29) is 0 Å². The number of aldehydes is 1. The second-order valence-corrected chi connectivity index (χ2v) is 9.96. The molecule has 2 aromatic heterocycles.